The van der Waals surface area contributed by atoms with Crippen LogP contribution in [0.5, 0.6) is 0 Å². The van der Waals surface area contributed by atoms with Gasteiger partial charge < -0.3 is 9.80 Å². The van der Waals surface area contributed by atoms with Gasteiger partial charge in [-0.1, -0.05) is 163 Å². The van der Waals surface area contributed by atoms with Crippen molar-refractivity contribution in [3.63, 3.8) is 0 Å². The topological polar surface area (TPSA) is 6.48 Å². The molecule has 9 rings (SSSR count). The van der Waals surface area contributed by atoms with Crippen LogP contribution in [-0.2, 0) is 27.1 Å². The maximum atomic E-state index is 2.67. The Balaban J connectivity index is 1.40. The maximum Gasteiger partial charge on any atom is 0.252 e. The molecule has 2 aliphatic heterocycles. The smallest absolute Gasteiger partial charge is 0.252 e. The molecular weight excluding hydrogens is 723 g/mol. The van der Waals surface area contributed by atoms with Crippen LogP contribution in [0.1, 0.15) is 136 Å². The van der Waals surface area contributed by atoms with Gasteiger partial charge in [0.15, 0.2) is 0 Å². The summed E-state index contributed by atoms with van der Waals surface area (Å²) in [7, 11) is 0. The molecule has 0 fully saturated rings. The van der Waals surface area contributed by atoms with Gasteiger partial charge >= 0.3 is 0 Å². The van der Waals surface area contributed by atoms with Gasteiger partial charge in [0.2, 0.25) is 0 Å². The first kappa shape index (κ1) is 40.4. The molecule has 60 heavy (non-hydrogen) atoms. The number of aryl methyl sites for hydroxylation is 1. The summed E-state index contributed by atoms with van der Waals surface area (Å²) >= 11 is 0. The molecule has 306 valence electrons. The van der Waals surface area contributed by atoms with Gasteiger partial charge in [-0.05, 0) is 145 Å². The third kappa shape index (κ3) is 6.54. The third-order valence-electron chi connectivity index (χ3n) is 14.2. The van der Waals surface area contributed by atoms with Crippen LogP contribution >= 0.6 is 0 Å². The zero-order valence-corrected chi connectivity index (χ0v) is 38.9. The van der Waals surface area contributed by atoms with Crippen molar-refractivity contribution in [1.29, 1.82) is 0 Å². The number of rotatable bonds is 3. The molecule has 1 aliphatic carbocycles. The van der Waals surface area contributed by atoms with Crippen LogP contribution in [0.15, 0.2) is 115 Å². The first-order valence-corrected chi connectivity index (χ1v) is 22.4. The summed E-state index contributed by atoms with van der Waals surface area (Å²) in [6.07, 6.45) is 2.35. The summed E-state index contributed by atoms with van der Waals surface area (Å²) in [6.45, 7) is 33.2. The molecule has 2 heterocycles. The van der Waals surface area contributed by atoms with Crippen LogP contribution in [0.4, 0.5) is 34.1 Å². The molecular formula is C57H65BN2. The van der Waals surface area contributed by atoms with E-state index < -0.39 is 0 Å². The first-order chi connectivity index (χ1) is 28.0. The van der Waals surface area contributed by atoms with E-state index in [2.05, 4.69) is 222 Å². The molecule has 0 radical (unpaired) electrons. The first-order valence-electron chi connectivity index (χ1n) is 22.4. The fourth-order valence-electron chi connectivity index (χ4n) is 10.4. The molecule has 0 spiro atoms. The number of para-hydroxylation sites is 1. The van der Waals surface area contributed by atoms with Gasteiger partial charge in [-0.3, -0.25) is 0 Å². The number of hydrogen-bond acceptors (Lipinski definition) is 2. The van der Waals surface area contributed by atoms with E-state index in [-0.39, 0.29) is 33.8 Å². The van der Waals surface area contributed by atoms with Crippen LogP contribution in [0.25, 0.3) is 11.1 Å². The molecule has 0 saturated heterocycles. The van der Waals surface area contributed by atoms with E-state index in [9.17, 15) is 0 Å². The summed E-state index contributed by atoms with van der Waals surface area (Å²) in [5, 5.41) is 0. The largest absolute Gasteiger partial charge is 0.311 e. The minimum atomic E-state index is -0.00344. The van der Waals surface area contributed by atoms with Crippen molar-refractivity contribution in [2.24, 2.45) is 0 Å². The van der Waals surface area contributed by atoms with Crippen molar-refractivity contribution in [3.05, 3.63) is 149 Å². The van der Waals surface area contributed by atoms with Gasteiger partial charge in [0.05, 0.1) is 5.69 Å². The average molecular weight is 789 g/mol. The number of nitrogens with zero attached hydrogens (tertiary/aromatic N) is 2. The van der Waals surface area contributed by atoms with Gasteiger partial charge in [-0.15, -0.1) is 0 Å². The minimum Gasteiger partial charge on any atom is -0.311 e. The Bertz CT molecular complexity index is 2670. The highest BCUT2D eigenvalue weighted by molar-refractivity contribution is 7.00. The fraction of sp³-hybridized carbons (Fsp3) is 0.368. The Morgan fingerprint density at radius 2 is 1.02 bits per heavy atom. The highest BCUT2D eigenvalue weighted by Gasteiger charge is 2.47. The quantitative estimate of drug-likeness (QED) is 0.165. The lowest BCUT2D eigenvalue weighted by Crippen LogP contribution is -2.62. The predicted molar refractivity (Wildman–Crippen MR) is 262 cm³/mol. The monoisotopic (exact) mass is 789 g/mol. The van der Waals surface area contributed by atoms with E-state index in [0.717, 1.165) is 0 Å². The molecule has 3 heteroatoms. The zero-order valence-electron chi connectivity index (χ0n) is 38.9. The van der Waals surface area contributed by atoms with Crippen LogP contribution < -0.4 is 26.2 Å². The number of anilines is 6. The summed E-state index contributed by atoms with van der Waals surface area (Å²) in [5.41, 5.74) is 22.8. The highest BCUT2D eigenvalue weighted by atomic mass is 15.2. The molecule has 6 aromatic carbocycles. The molecule has 0 saturated carbocycles. The third-order valence-corrected chi connectivity index (χ3v) is 14.2. The molecule has 6 aromatic rings. The number of hydrogen-bond donors (Lipinski definition) is 0. The summed E-state index contributed by atoms with van der Waals surface area (Å²) in [4.78, 5) is 5.23. The van der Waals surface area contributed by atoms with Gasteiger partial charge in [0.25, 0.3) is 6.71 Å². The Morgan fingerprint density at radius 1 is 0.467 bits per heavy atom. The molecule has 0 unspecified atom stereocenters. The summed E-state index contributed by atoms with van der Waals surface area (Å²) in [6, 6.07) is 45.4. The van der Waals surface area contributed by atoms with E-state index in [1.54, 1.807) is 0 Å². The standard InChI is InChI=1S/C57H65BN2/c1-36-30-50-52-51(31-36)60(47-21-16-15-20-42(47)37-18-17-19-39(32-37)54(5,6)7)49-35-44-43(56(11,12)28-29-57(44,13)14)34-46(49)58(52)45-33-40(55(8,9)10)24-27-48(45)59(50)41-25-22-38(23-26-41)53(2,3)4/h15-27,30-35H,28-29H2,1-14H3. The maximum absolute atomic E-state index is 2.67. The lowest BCUT2D eigenvalue weighted by Gasteiger charge is -2.48. The molecule has 0 bridgehead atoms. The van der Waals surface area contributed by atoms with Crippen LogP contribution in [-0.4, -0.2) is 6.71 Å². The van der Waals surface area contributed by atoms with E-state index in [4.69, 9.17) is 0 Å². The predicted octanol–water partition coefficient (Wildman–Crippen LogP) is 14.0. The summed E-state index contributed by atoms with van der Waals surface area (Å²) in [5.74, 6) is 0. The fourth-order valence-corrected chi connectivity index (χ4v) is 10.4. The second kappa shape index (κ2) is 13.5. The van der Waals surface area contributed by atoms with Crippen molar-refractivity contribution < 1.29 is 0 Å². The van der Waals surface area contributed by atoms with E-state index >= 15 is 0 Å². The van der Waals surface area contributed by atoms with Crippen LogP contribution in [0.2, 0.25) is 0 Å². The minimum absolute atomic E-state index is 0.00344. The Hall–Kier alpha value is -5.02. The van der Waals surface area contributed by atoms with E-state index in [1.807, 2.05) is 0 Å². The Morgan fingerprint density at radius 3 is 1.65 bits per heavy atom. The van der Waals surface area contributed by atoms with Crippen LogP contribution in [0, 0.1) is 6.92 Å². The molecule has 0 N–H and O–H groups in total. The molecule has 0 amide bonds. The summed E-state index contributed by atoms with van der Waals surface area (Å²) < 4.78 is 0. The van der Waals surface area contributed by atoms with Gasteiger partial charge in [-0.25, -0.2) is 0 Å². The number of fused-ring (bicyclic) bond motifs is 5. The number of benzene rings is 6. The Kier molecular flexibility index (Phi) is 9.08. The lowest BCUT2D eigenvalue weighted by atomic mass is 9.33. The van der Waals surface area contributed by atoms with Crippen LogP contribution in [0.3, 0.4) is 0 Å². The average Bonchev–Trinajstić information content (AvgIpc) is 3.18. The molecule has 0 aromatic heterocycles. The van der Waals surface area contributed by atoms with Crippen molar-refractivity contribution in [2.75, 3.05) is 9.80 Å². The highest BCUT2D eigenvalue weighted by Crippen LogP contribution is 2.52. The lowest BCUT2D eigenvalue weighted by molar-refractivity contribution is 0.332. The van der Waals surface area contributed by atoms with Gasteiger partial charge in [0.1, 0.15) is 0 Å². The zero-order chi connectivity index (χ0) is 42.9. The van der Waals surface area contributed by atoms with Crippen molar-refractivity contribution in [1.82, 2.24) is 0 Å². The van der Waals surface area contributed by atoms with E-state index in [1.165, 1.54) is 108 Å². The van der Waals surface area contributed by atoms with E-state index in [0.29, 0.717) is 0 Å². The van der Waals surface area contributed by atoms with Crippen molar-refractivity contribution in [3.8, 4) is 11.1 Å². The van der Waals surface area contributed by atoms with Gasteiger partial charge in [-0.2, -0.15) is 0 Å². The molecule has 2 nitrogen and oxygen atoms in total. The molecule has 3 aliphatic rings. The Labute approximate surface area is 362 Å². The van der Waals surface area contributed by atoms with Gasteiger partial charge in [0, 0.05) is 34.0 Å². The molecule has 0 atom stereocenters. The normalized spacial score (nSPS) is 16.5. The SMILES string of the molecule is Cc1cc2c3c(c1)N(c1ccccc1-c1cccc(C(C)(C)C)c1)c1cc4c(cc1B3c1cc(C(C)(C)C)ccc1N2c1ccc(C(C)(C)C)cc1)C(C)(C)CCC4(C)C. The van der Waals surface area contributed by atoms with Crippen molar-refractivity contribution >= 4 is 57.2 Å². The second-order valence-electron chi connectivity index (χ2n) is 22.7. The van der Waals surface area contributed by atoms with Crippen molar-refractivity contribution in [2.45, 2.75) is 137 Å². The second-order valence-corrected chi connectivity index (χ2v) is 22.7.